The van der Waals surface area contributed by atoms with Crippen LogP contribution in [0.3, 0.4) is 0 Å². The number of hydrogen-bond donors (Lipinski definition) is 1. The number of ether oxygens (including phenoxy) is 3. The molecule has 0 saturated carbocycles. The van der Waals surface area contributed by atoms with Gasteiger partial charge in [0.15, 0.2) is 11.5 Å². The van der Waals surface area contributed by atoms with E-state index < -0.39 is 0 Å². The van der Waals surface area contributed by atoms with Gasteiger partial charge in [-0.3, -0.25) is 14.5 Å². The number of carbonyl (C=O) groups is 2. The number of rotatable bonds is 9. The van der Waals surface area contributed by atoms with Crippen molar-refractivity contribution < 1.29 is 23.8 Å². The highest BCUT2D eigenvalue weighted by Gasteiger charge is 2.23. The first-order valence-electron chi connectivity index (χ1n) is 13.1. The molecule has 0 radical (unpaired) electrons. The second-order valence-corrected chi connectivity index (χ2v) is 9.52. The SMILES string of the molecule is CCN(CC(=O)N1CCN(Cc2ccc3c(c2)OCO3)CC1)c1ccc(Oc2ccc(NC(C)=O)cn2)cc1. The monoisotopic (exact) mass is 531 g/mol. The molecule has 10 nitrogen and oxygen atoms in total. The number of carbonyl (C=O) groups excluding carboxylic acids is 2. The molecule has 3 heterocycles. The first-order chi connectivity index (χ1) is 19.0. The average molecular weight is 532 g/mol. The predicted molar refractivity (Wildman–Crippen MR) is 147 cm³/mol. The molecule has 2 aliphatic heterocycles. The zero-order valence-corrected chi connectivity index (χ0v) is 22.3. The Kier molecular flexibility index (Phi) is 8.12. The van der Waals surface area contributed by atoms with E-state index in [1.807, 2.05) is 48.2 Å². The van der Waals surface area contributed by atoms with Crippen molar-refractivity contribution in [2.75, 3.05) is 56.3 Å². The summed E-state index contributed by atoms with van der Waals surface area (Å²) < 4.78 is 16.7. The van der Waals surface area contributed by atoms with Gasteiger partial charge in [-0.1, -0.05) is 6.07 Å². The maximum Gasteiger partial charge on any atom is 0.242 e. The van der Waals surface area contributed by atoms with Crippen LogP contribution in [0.1, 0.15) is 19.4 Å². The summed E-state index contributed by atoms with van der Waals surface area (Å²) in [7, 11) is 0. The number of hydrogen-bond acceptors (Lipinski definition) is 8. The summed E-state index contributed by atoms with van der Waals surface area (Å²) in [6.45, 7) is 8.71. The zero-order chi connectivity index (χ0) is 27.2. The van der Waals surface area contributed by atoms with Gasteiger partial charge in [-0.25, -0.2) is 4.98 Å². The van der Waals surface area contributed by atoms with E-state index in [1.165, 1.54) is 12.5 Å². The smallest absolute Gasteiger partial charge is 0.242 e. The minimum atomic E-state index is -0.153. The molecule has 1 N–H and O–H groups in total. The van der Waals surface area contributed by atoms with Crippen LogP contribution in [0.25, 0.3) is 0 Å². The third-order valence-electron chi connectivity index (χ3n) is 6.76. The Labute approximate surface area is 228 Å². The number of benzene rings is 2. The first-order valence-corrected chi connectivity index (χ1v) is 13.1. The number of nitrogens with one attached hydrogen (secondary N) is 1. The molecule has 204 valence electrons. The lowest BCUT2D eigenvalue weighted by atomic mass is 10.1. The Morgan fingerprint density at radius 3 is 2.46 bits per heavy atom. The van der Waals surface area contributed by atoms with Gasteiger partial charge in [0.05, 0.1) is 18.4 Å². The van der Waals surface area contributed by atoms with Crippen LogP contribution in [0.4, 0.5) is 11.4 Å². The second kappa shape index (κ2) is 12.0. The summed E-state index contributed by atoms with van der Waals surface area (Å²) in [6.07, 6.45) is 1.55. The number of amides is 2. The molecule has 39 heavy (non-hydrogen) atoms. The lowest BCUT2D eigenvalue weighted by Crippen LogP contribution is -2.51. The molecule has 0 atom stereocenters. The number of aromatic nitrogens is 1. The molecule has 1 fully saturated rings. The van der Waals surface area contributed by atoms with Crippen molar-refractivity contribution in [3.63, 3.8) is 0 Å². The average Bonchev–Trinajstić information content (AvgIpc) is 3.41. The number of nitrogens with zero attached hydrogens (tertiary/aromatic N) is 4. The van der Waals surface area contributed by atoms with Crippen LogP contribution in [0.2, 0.25) is 0 Å². The van der Waals surface area contributed by atoms with Crippen LogP contribution in [-0.4, -0.2) is 72.7 Å². The Morgan fingerprint density at radius 1 is 1.00 bits per heavy atom. The van der Waals surface area contributed by atoms with Gasteiger partial charge < -0.3 is 29.3 Å². The van der Waals surface area contributed by atoms with Gasteiger partial charge in [-0.15, -0.1) is 0 Å². The van der Waals surface area contributed by atoms with E-state index in [0.717, 1.165) is 36.8 Å². The first kappa shape index (κ1) is 26.3. The van der Waals surface area contributed by atoms with Gasteiger partial charge in [-0.05, 0) is 55.0 Å². The molecule has 0 aliphatic carbocycles. The molecule has 1 saturated heterocycles. The van der Waals surface area contributed by atoms with Crippen LogP contribution < -0.4 is 24.4 Å². The van der Waals surface area contributed by atoms with Gasteiger partial charge in [0.2, 0.25) is 24.5 Å². The molecular formula is C29H33N5O5. The second-order valence-electron chi connectivity index (χ2n) is 9.52. The molecule has 1 aromatic heterocycles. The quantitative estimate of drug-likeness (QED) is 0.446. The lowest BCUT2D eigenvalue weighted by molar-refractivity contribution is -0.131. The van der Waals surface area contributed by atoms with E-state index >= 15 is 0 Å². The van der Waals surface area contributed by atoms with E-state index in [1.54, 1.807) is 18.3 Å². The molecule has 2 aromatic carbocycles. The lowest BCUT2D eigenvalue weighted by Gasteiger charge is -2.36. The van der Waals surface area contributed by atoms with Crippen molar-refractivity contribution in [3.05, 3.63) is 66.4 Å². The Balaban J connectivity index is 1.10. The van der Waals surface area contributed by atoms with Crippen LogP contribution in [0.15, 0.2) is 60.8 Å². The summed E-state index contributed by atoms with van der Waals surface area (Å²) in [5.74, 6) is 2.64. The molecule has 2 aliphatic rings. The van der Waals surface area contributed by atoms with Crippen molar-refractivity contribution in [3.8, 4) is 23.1 Å². The summed E-state index contributed by atoms with van der Waals surface area (Å²) in [5.41, 5.74) is 2.74. The van der Waals surface area contributed by atoms with Gasteiger partial charge in [0.1, 0.15) is 5.75 Å². The standard InChI is InChI=1S/C29H33N5O5/c1-3-33(24-6-8-25(9-7-24)39-28-11-5-23(17-30-28)31-21(2)35)19-29(36)34-14-12-32(13-15-34)18-22-4-10-26-27(16-22)38-20-37-26/h4-11,16-17H,3,12-15,18-20H2,1-2H3,(H,31,35). The number of anilines is 2. The Morgan fingerprint density at radius 2 is 1.77 bits per heavy atom. The molecule has 0 bridgehead atoms. The summed E-state index contributed by atoms with van der Waals surface area (Å²) >= 11 is 0. The number of pyridine rings is 1. The van der Waals surface area contributed by atoms with Crippen LogP contribution >= 0.6 is 0 Å². The van der Waals surface area contributed by atoms with Crippen LogP contribution in [0, 0.1) is 0 Å². The summed E-state index contributed by atoms with van der Waals surface area (Å²) in [5, 5.41) is 2.68. The minimum absolute atomic E-state index is 0.128. The maximum atomic E-state index is 13.1. The van der Waals surface area contributed by atoms with Gasteiger partial charge in [0.25, 0.3) is 0 Å². The molecule has 3 aromatic rings. The predicted octanol–water partition coefficient (Wildman–Crippen LogP) is 3.73. The highest BCUT2D eigenvalue weighted by Crippen LogP contribution is 2.33. The number of piperazine rings is 1. The van der Waals surface area contributed by atoms with Crippen LogP contribution in [-0.2, 0) is 16.1 Å². The van der Waals surface area contributed by atoms with Gasteiger partial charge >= 0.3 is 0 Å². The van der Waals surface area contributed by atoms with Crippen molar-refractivity contribution in [1.82, 2.24) is 14.8 Å². The number of fused-ring (bicyclic) bond motifs is 1. The van der Waals surface area contributed by atoms with Crippen molar-refractivity contribution in [1.29, 1.82) is 0 Å². The highest BCUT2D eigenvalue weighted by atomic mass is 16.7. The van der Waals surface area contributed by atoms with E-state index in [4.69, 9.17) is 14.2 Å². The fourth-order valence-electron chi connectivity index (χ4n) is 4.67. The normalized spacial score (nSPS) is 14.7. The van der Waals surface area contributed by atoms with E-state index in [9.17, 15) is 9.59 Å². The van der Waals surface area contributed by atoms with Crippen molar-refractivity contribution in [2.45, 2.75) is 20.4 Å². The molecule has 2 amide bonds. The molecule has 0 unspecified atom stereocenters. The topological polar surface area (TPSA) is 96.5 Å². The Hall–Kier alpha value is -4.31. The van der Waals surface area contributed by atoms with Crippen LogP contribution in [0.5, 0.6) is 23.1 Å². The van der Waals surface area contributed by atoms with Crippen molar-refractivity contribution >= 4 is 23.2 Å². The molecule has 5 rings (SSSR count). The fourth-order valence-corrected chi connectivity index (χ4v) is 4.67. The third-order valence-corrected chi connectivity index (χ3v) is 6.76. The Bertz CT molecular complexity index is 1290. The maximum absolute atomic E-state index is 13.1. The van der Waals surface area contributed by atoms with E-state index in [-0.39, 0.29) is 18.6 Å². The number of likely N-dealkylation sites (N-methyl/N-ethyl adjacent to an activating group) is 1. The molecule has 0 spiro atoms. The largest absolute Gasteiger partial charge is 0.454 e. The molecule has 10 heteroatoms. The zero-order valence-electron chi connectivity index (χ0n) is 22.3. The van der Waals surface area contributed by atoms with E-state index in [2.05, 4.69) is 26.2 Å². The van der Waals surface area contributed by atoms with Gasteiger partial charge in [-0.2, -0.15) is 0 Å². The summed E-state index contributed by atoms with van der Waals surface area (Å²) in [4.78, 5) is 34.9. The molecular weight excluding hydrogens is 498 g/mol. The van der Waals surface area contributed by atoms with Crippen molar-refractivity contribution in [2.24, 2.45) is 0 Å². The van der Waals surface area contributed by atoms with E-state index in [0.29, 0.717) is 43.5 Å². The highest BCUT2D eigenvalue weighted by molar-refractivity contribution is 5.88. The third kappa shape index (κ3) is 6.77. The van der Waals surface area contributed by atoms with Gasteiger partial charge in [0, 0.05) is 57.9 Å². The fraction of sp³-hybridized carbons (Fsp3) is 0.345. The summed E-state index contributed by atoms with van der Waals surface area (Å²) in [6, 6.07) is 17.1. The minimum Gasteiger partial charge on any atom is -0.454 e.